The summed E-state index contributed by atoms with van der Waals surface area (Å²) in [5.41, 5.74) is 1.89. The van der Waals surface area contributed by atoms with Gasteiger partial charge in [0.25, 0.3) is 0 Å². The monoisotopic (exact) mass is 313 g/mol. The maximum atomic E-state index is 13.2. The molecule has 1 heterocycles. The largest absolute Gasteiger partial charge is 0.377 e. The van der Waals surface area contributed by atoms with Crippen molar-refractivity contribution in [2.45, 2.75) is 19.9 Å². The van der Waals surface area contributed by atoms with Crippen LogP contribution in [0.1, 0.15) is 23.4 Å². The number of aryl methyl sites for hydroxylation is 1. The molecule has 1 aromatic heterocycles. The van der Waals surface area contributed by atoms with E-state index >= 15 is 0 Å². The molecule has 0 spiro atoms. The van der Waals surface area contributed by atoms with Crippen LogP contribution in [-0.4, -0.2) is 0 Å². The lowest BCUT2D eigenvalue weighted by molar-refractivity contribution is 0.627. The molecule has 1 aromatic carbocycles. The van der Waals surface area contributed by atoms with Gasteiger partial charge in [0.2, 0.25) is 0 Å². The fourth-order valence-electron chi connectivity index (χ4n) is 1.66. The summed E-state index contributed by atoms with van der Waals surface area (Å²) in [5.74, 6) is -0.212. The Kier molecular flexibility index (Phi) is 3.84. The van der Waals surface area contributed by atoms with Crippen LogP contribution in [0.25, 0.3) is 0 Å². The van der Waals surface area contributed by atoms with E-state index in [1.807, 2.05) is 18.4 Å². The van der Waals surface area contributed by atoms with Gasteiger partial charge in [0.1, 0.15) is 5.82 Å². The number of hydrogen-bond donors (Lipinski definition) is 1. The summed E-state index contributed by atoms with van der Waals surface area (Å²) in [6.07, 6.45) is 0. The van der Waals surface area contributed by atoms with Crippen molar-refractivity contribution >= 4 is 33.0 Å². The van der Waals surface area contributed by atoms with Gasteiger partial charge in [-0.05, 0) is 58.9 Å². The van der Waals surface area contributed by atoms with Crippen LogP contribution in [0.5, 0.6) is 0 Å². The molecule has 0 fully saturated rings. The highest BCUT2D eigenvalue weighted by Gasteiger charge is 2.11. The van der Waals surface area contributed by atoms with E-state index in [0.29, 0.717) is 0 Å². The van der Waals surface area contributed by atoms with Gasteiger partial charge < -0.3 is 5.32 Å². The van der Waals surface area contributed by atoms with Crippen molar-refractivity contribution in [1.82, 2.24) is 0 Å². The topological polar surface area (TPSA) is 12.0 Å². The minimum Gasteiger partial charge on any atom is -0.377 e. The zero-order valence-corrected chi connectivity index (χ0v) is 12.0. The Morgan fingerprint density at radius 3 is 2.76 bits per heavy atom. The van der Waals surface area contributed by atoms with E-state index in [4.69, 9.17) is 0 Å². The van der Waals surface area contributed by atoms with Crippen LogP contribution in [0.4, 0.5) is 10.1 Å². The van der Waals surface area contributed by atoms with Crippen LogP contribution in [0, 0.1) is 12.7 Å². The van der Waals surface area contributed by atoms with Crippen molar-refractivity contribution < 1.29 is 4.39 Å². The van der Waals surface area contributed by atoms with Gasteiger partial charge in [0, 0.05) is 15.0 Å². The number of halogens is 2. The normalized spacial score (nSPS) is 12.5. The average Bonchev–Trinajstić information content (AvgIpc) is 2.70. The van der Waals surface area contributed by atoms with Gasteiger partial charge in [-0.15, -0.1) is 11.3 Å². The Morgan fingerprint density at radius 1 is 1.35 bits per heavy atom. The first kappa shape index (κ1) is 12.6. The Hall–Kier alpha value is -0.870. The van der Waals surface area contributed by atoms with Gasteiger partial charge in [-0.25, -0.2) is 4.39 Å². The summed E-state index contributed by atoms with van der Waals surface area (Å²) in [5, 5.41) is 5.37. The van der Waals surface area contributed by atoms with E-state index in [1.165, 1.54) is 17.0 Å². The molecule has 90 valence electrons. The standard InChI is InChI=1S/C13H13BrFNS/c1-8-3-4-10(15)7-12(8)16-9(2)13-11(14)5-6-17-13/h3-7,9,16H,1-2H3. The van der Waals surface area contributed by atoms with Crippen LogP contribution < -0.4 is 5.32 Å². The van der Waals surface area contributed by atoms with E-state index < -0.39 is 0 Å². The third-order valence-corrected chi connectivity index (χ3v) is 4.66. The molecule has 4 heteroatoms. The van der Waals surface area contributed by atoms with E-state index in [0.717, 1.165) is 15.7 Å². The van der Waals surface area contributed by atoms with Crippen molar-refractivity contribution in [3.63, 3.8) is 0 Å². The molecule has 0 aliphatic heterocycles. The minimum atomic E-state index is -0.212. The van der Waals surface area contributed by atoms with E-state index in [-0.39, 0.29) is 11.9 Å². The molecule has 17 heavy (non-hydrogen) atoms. The number of nitrogens with one attached hydrogen (secondary N) is 1. The number of rotatable bonds is 3. The lowest BCUT2D eigenvalue weighted by atomic mass is 10.1. The average molecular weight is 314 g/mol. The van der Waals surface area contributed by atoms with Gasteiger partial charge in [-0.2, -0.15) is 0 Å². The highest BCUT2D eigenvalue weighted by molar-refractivity contribution is 9.10. The number of hydrogen-bond acceptors (Lipinski definition) is 2. The molecule has 0 amide bonds. The summed E-state index contributed by atoms with van der Waals surface area (Å²) >= 11 is 5.19. The van der Waals surface area contributed by atoms with E-state index in [9.17, 15) is 4.39 Å². The molecule has 0 saturated heterocycles. The number of anilines is 1. The highest BCUT2D eigenvalue weighted by Crippen LogP contribution is 2.31. The second-order valence-electron chi connectivity index (χ2n) is 3.96. The Labute approximate surface area is 113 Å². The molecular weight excluding hydrogens is 301 g/mol. The van der Waals surface area contributed by atoms with Crippen LogP contribution in [0.15, 0.2) is 34.1 Å². The van der Waals surface area contributed by atoms with Crippen molar-refractivity contribution in [2.24, 2.45) is 0 Å². The molecule has 1 nitrogen and oxygen atoms in total. The molecule has 2 aromatic rings. The Morgan fingerprint density at radius 2 is 2.12 bits per heavy atom. The van der Waals surface area contributed by atoms with Gasteiger partial charge in [0.05, 0.1) is 6.04 Å². The van der Waals surface area contributed by atoms with Crippen molar-refractivity contribution in [1.29, 1.82) is 0 Å². The predicted octanol–water partition coefficient (Wildman–Crippen LogP) is 5.13. The van der Waals surface area contributed by atoms with Crippen molar-refractivity contribution in [2.75, 3.05) is 5.32 Å². The highest BCUT2D eigenvalue weighted by atomic mass is 79.9. The fraction of sp³-hybridized carbons (Fsp3) is 0.231. The first-order valence-corrected chi connectivity index (χ1v) is 7.01. The van der Waals surface area contributed by atoms with Gasteiger partial charge in [-0.3, -0.25) is 0 Å². The summed E-state index contributed by atoms with van der Waals surface area (Å²) in [6.45, 7) is 4.04. The smallest absolute Gasteiger partial charge is 0.125 e. The van der Waals surface area contributed by atoms with Gasteiger partial charge in [-0.1, -0.05) is 6.07 Å². The summed E-state index contributed by atoms with van der Waals surface area (Å²) in [6, 6.07) is 6.98. The van der Waals surface area contributed by atoms with E-state index in [2.05, 4.69) is 28.2 Å². The third-order valence-electron chi connectivity index (χ3n) is 2.61. The molecule has 1 atom stereocenters. The summed E-state index contributed by atoms with van der Waals surface area (Å²) < 4.78 is 14.3. The molecule has 0 aliphatic rings. The molecule has 1 N–H and O–H groups in total. The number of thiophene rings is 1. The summed E-state index contributed by atoms with van der Waals surface area (Å²) in [7, 11) is 0. The zero-order valence-electron chi connectivity index (χ0n) is 9.63. The van der Waals surface area contributed by atoms with Crippen LogP contribution >= 0.6 is 27.3 Å². The molecular formula is C13H13BrFNS. The quantitative estimate of drug-likeness (QED) is 0.828. The number of benzene rings is 1. The van der Waals surface area contributed by atoms with Crippen LogP contribution in [0.2, 0.25) is 0 Å². The SMILES string of the molecule is Cc1ccc(F)cc1NC(C)c1sccc1Br. The van der Waals surface area contributed by atoms with Crippen molar-refractivity contribution in [3.8, 4) is 0 Å². The molecule has 1 unspecified atom stereocenters. The second-order valence-corrected chi connectivity index (χ2v) is 5.76. The van der Waals surface area contributed by atoms with Crippen molar-refractivity contribution in [3.05, 3.63) is 50.4 Å². The zero-order chi connectivity index (χ0) is 12.4. The molecule has 0 aliphatic carbocycles. The van der Waals surface area contributed by atoms with Gasteiger partial charge >= 0.3 is 0 Å². The lowest BCUT2D eigenvalue weighted by Crippen LogP contribution is -2.06. The fourth-order valence-corrected chi connectivity index (χ4v) is 3.39. The maximum absolute atomic E-state index is 13.2. The molecule has 0 saturated carbocycles. The Bertz CT molecular complexity index is 524. The summed E-state index contributed by atoms with van der Waals surface area (Å²) in [4.78, 5) is 1.22. The van der Waals surface area contributed by atoms with Crippen LogP contribution in [-0.2, 0) is 0 Å². The minimum absolute atomic E-state index is 0.157. The van der Waals surface area contributed by atoms with Gasteiger partial charge in [0.15, 0.2) is 0 Å². The second kappa shape index (κ2) is 5.19. The van der Waals surface area contributed by atoms with E-state index in [1.54, 1.807) is 17.4 Å². The molecule has 0 bridgehead atoms. The predicted molar refractivity (Wildman–Crippen MR) is 75.2 cm³/mol. The molecule has 0 radical (unpaired) electrons. The first-order valence-electron chi connectivity index (χ1n) is 5.33. The lowest BCUT2D eigenvalue weighted by Gasteiger charge is -2.16. The Balaban J connectivity index is 2.21. The molecule has 2 rings (SSSR count). The first-order chi connectivity index (χ1) is 8.08. The third kappa shape index (κ3) is 2.87. The van der Waals surface area contributed by atoms with Crippen LogP contribution in [0.3, 0.4) is 0 Å². The maximum Gasteiger partial charge on any atom is 0.125 e.